The summed E-state index contributed by atoms with van der Waals surface area (Å²) in [5, 5.41) is 8.33. The van der Waals surface area contributed by atoms with Crippen molar-refractivity contribution in [1.29, 1.82) is 0 Å². The average molecular weight is 247 g/mol. The summed E-state index contributed by atoms with van der Waals surface area (Å²) in [6.45, 7) is 2.76. The van der Waals surface area contributed by atoms with Gasteiger partial charge in [-0.1, -0.05) is 13.8 Å². The molecule has 0 aliphatic heterocycles. The number of rotatable bonds is 4. The van der Waals surface area contributed by atoms with Crippen molar-refractivity contribution in [2.75, 3.05) is 0 Å². The molecule has 2 N–H and O–H groups in total. The topological polar surface area (TPSA) is 96.6 Å². The summed E-state index contributed by atoms with van der Waals surface area (Å²) in [6, 6.07) is 2.51. The minimum absolute atomic E-state index is 0.123. The van der Waals surface area contributed by atoms with E-state index >= 15 is 0 Å². The van der Waals surface area contributed by atoms with Crippen molar-refractivity contribution >= 4 is 15.9 Å². The van der Waals surface area contributed by atoms with Crippen LogP contribution in [-0.2, 0) is 21.4 Å². The predicted molar refractivity (Wildman–Crippen MR) is 54.8 cm³/mol. The first-order valence-electron chi connectivity index (χ1n) is 4.63. The SMILES string of the molecule is CC(C)C(=O)NS(=O)(=O)c1ccc(CO)o1. The molecule has 1 amide bonds. The van der Waals surface area contributed by atoms with Crippen molar-refractivity contribution in [1.82, 2.24) is 4.72 Å². The molecule has 0 atom stereocenters. The van der Waals surface area contributed by atoms with E-state index in [1.807, 2.05) is 4.72 Å². The van der Waals surface area contributed by atoms with Crippen LogP contribution in [0.4, 0.5) is 0 Å². The number of carbonyl (C=O) groups is 1. The Bertz CT molecular complexity index is 474. The summed E-state index contributed by atoms with van der Waals surface area (Å²) in [7, 11) is -3.97. The van der Waals surface area contributed by atoms with E-state index in [-0.39, 0.29) is 10.9 Å². The highest BCUT2D eigenvalue weighted by Gasteiger charge is 2.22. The highest BCUT2D eigenvalue weighted by molar-refractivity contribution is 7.89. The molecule has 0 aliphatic rings. The van der Waals surface area contributed by atoms with Crippen LogP contribution in [-0.4, -0.2) is 19.4 Å². The monoisotopic (exact) mass is 247 g/mol. The number of sulfonamides is 1. The van der Waals surface area contributed by atoms with Crippen molar-refractivity contribution in [2.45, 2.75) is 25.5 Å². The van der Waals surface area contributed by atoms with Gasteiger partial charge in [-0.2, -0.15) is 8.42 Å². The number of nitrogens with one attached hydrogen (secondary N) is 1. The van der Waals surface area contributed by atoms with Crippen molar-refractivity contribution < 1.29 is 22.7 Å². The van der Waals surface area contributed by atoms with Gasteiger partial charge in [-0.3, -0.25) is 4.79 Å². The Hall–Kier alpha value is -1.34. The Morgan fingerprint density at radius 3 is 2.56 bits per heavy atom. The first-order chi connectivity index (χ1) is 7.36. The second kappa shape index (κ2) is 4.67. The lowest BCUT2D eigenvalue weighted by atomic mass is 10.2. The smallest absolute Gasteiger partial charge is 0.297 e. The molecule has 7 heteroatoms. The molecule has 0 unspecified atom stereocenters. The van der Waals surface area contributed by atoms with E-state index < -0.39 is 28.5 Å². The van der Waals surface area contributed by atoms with Gasteiger partial charge in [0.15, 0.2) is 0 Å². The third kappa shape index (κ3) is 2.83. The van der Waals surface area contributed by atoms with Gasteiger partial charge in [0.1, 0.15) is 12.4 Å². The Morgan fingerprint density at radius 2 is 2.12 bits per heavy atom. The maximum atomic E-state index is 11.6. The summed E-state index contributed by atoms with van der Waals surface area (Å²) in [6.07, 6.45) is 0. The van der Waals surface area contributed by atoms with Gasteiger partial charge in [0.25, 0.3) is 10.0 Å². The van der Waals surface area contributed by atoms with Crippen molar-refractivity contribution in [3.8, 4) is 0 Å². The van der Waals surface area contributed by atoms with E-state index in [1.165, 1.54) is 12.1 Å². The van der Waals surface area contributed by atoms with Gasteiger partial charge in [-0.15, -0.1) is 0 Å². The number of aliphatic hydroxyl groups excluding tert-OH is 1. The average Bonchev–Trinajstić information content (AvgIpc) is 2.65. The number of aliphatic hydroxyl groups is 1. The molecule has 0 bridgehead atoms. The fourth-order valence-electron chi connectivity index (χ4n) is 0.888. The fraction of sp³-hybridized carbons (Fsp3) is 0.444. The van der Waals surface area contributed by atoms with E-state index in [0.29, 0.717) is 0 Å². The number of amides is 1. The molecule has 1 rings (SSSR count). The lowest BCUT2D eigenvalue weighted by Gasteiger charge is -2.06. The minimum Gasteiger partial charge on any atom is -0.445 e. The molecule has 0 aliphatic carbocycles. The van der Waals surface area contributed by atoms with Gasteiger partial charge < -0.3 is 9.52 Å². The number of hydrogen-bond donors (Lipinski definition) is 2. The van der Waals surface area contributed by atoms with Crippen LogP contribution in [0.5, 0.6) is 0 Å². The Morgan fingerprint density at radius 1 is 1.50 bits per heavy atom. The molecule has 1 aromatic rings. The lowest BCUT2D eigenvalue weighted by Crippen LogP contribution is -2.33. The van der Waals surface area contributed by atoms with Crippen LogP contribution >= 0.6 is 0 Å². The van der Waals surface area contributed by atoms with E-state index in [9.17, 15) is 13.2 Å². The molecular formula is C9H13NO5S. The maximum absolute atomic E-state index is 11.6. The highest BCUT2D eigenvalue weighted by atomic mass is 32.2. The molecule has 0 spiro atoms. The zero-order chi connectivity index (χ0) is 12.3. The second-order valence-corrected chi connectivity index (χ2v) is 5.12. The lowest BCUT2D eigenvalue weighted by molar-refractivity contribution is -0.122. The van der Waals surface area contributed by atoms with Gasteiger partial charge in [0.2, 0.25) is 11.0 Å². The molecule has 0 saturated carbocycles. The van der Waals surface area contributed by atoms with Crippen LogP contribution in [0.25, 0.3) is 0 Å². The zero-order valence-electron chi connectivity index (χ0n) is 8.93. The molecule has 0 saturated heterocycles. The summed E-state index contributed by atoms with van der Waals surface area (Å²) in [5.74, 6) is -0.929. The Labute approximate surface area is 93.3 Å². The molecule has 6 nitrogen and oxygen atoms in total. The Balaban J connectivity index is 2.90. The van der Waals surface area contributed by atoms with Crippen molar-refractivity contribution in [3.05, 3.63) is 17.9 Å². The maximum Gasteiger partial charge on any atom is 0.297 e. The summed E-state index contributed by atoms with van der Waals surface area (Å²) in [4.78, 5) is 11.2. The van der Waals surface area contributed by atoms with E-state index in [0.717, 1.165) is 0 Å². The highest BCUT2D eigenvalue weighted by Crippen LogP contribution is 2.13. The second-order valence-electron chi connectivity index (χ2n) is 3.50. The van der Waals surface area contributed by atoms with E-state index in [2.05, 4.69) is 0 Å². The van der Waals surface area contributed by atoms with Gasteiger partial charge >= 0.3 is 0 Å². The van der Waals surface area contributed by atoms with Crippen LogP contribution in [0.15, 0.2) is 21.6 Å². The van der Waals surface area contributed by atoms with Gasteiger partial charge in [-0.05, 0) is 12.1 Å². The summed E-state index contributed by atoms with van der Waals surface area (Å²) >= 11 is 0. The van der Waals surface area contributed by atoms with Crippen LogP contribution in [0.3, 0.4) is 0 Å². The van der Waals surface area contributed by atoms with Gasteiger partial charge in [0, 0.05) is 5.92 Å². The first-order valence-corrected chi connectivity index (χ1v) is 6.11. The first kappa shape index (κ1) is 12.7. The number of carbonyl (C=O) groups excluding carboxylic acids is 1. The van der Waals surface area contributed by atoms with Crippen LogP contribution in [0, 0.1) is 5.92 Å². The van der Waals surface area contributed by atoms with Gasteiger partial charge in [-0.25, -0.2) is 4.72 Å². The van der Waals surface area contributed by atoms with Crippen LogP contribution in [0.1, 0.15) is 19.6 Å². The third-order valence-electron chi connectivity index (χ3n) is 1.82. The number of hydrogen-bond acceptors (Lipinski definition) is 5. The molecule has 0 radical (unpaired) electrons. The quantitative estimate of drug-likeness (QED) is 0.794. The molecule has 16 heavy (non-hydrogen) atoms. The van der Waals surface area contributed by atoms with Crippen molar-refractivity contribution in [2.24, 2.45) is 5.92 Å². The minimum atomic E-state index is -3.97. The molecule has 1 aromatic heterocycles. The van der Waals surface area contributed by atoms with Crippen LogP contribution < -0.4 is 4.72 Å². The van der Waals surface area contributed by atoms with Crippen LogP contribution in [0.2, 0.25) is 0 Å². The molecule has 0 fully saturated rings. The molecular weight excluding hydrogens is 234 g/mol. The fourth-order valence-corrected chi connectivity index (χ4v) is 1.95. The molecule has 1 heterocycles. The standard InChI is InChI=1S/C9H13NO5S/c1-6(2)9(12)10-16(13,14)8-4-3-7(5-11)15-8/h3-4,6,11H,5H2,1-2H3,(H,10,12). The third-order valence-corrected chi connectivity index (χ3v) is 3.04. The zero-order valence-corrected chi connectivity index (χ0v) is 9.74. The normalized spacial score (nSPS) is 11.8. The molecule has 90 valence electrons. The molecule has 0 aromatic carbocycles. The number of furan rings is 1. The Kier molecular flexibility index (Phi) is 3.71. The summed E-state index contributed by atoms with van der Waals surface area (Å²) < 4.78 is 29.8. The summed E-state index contributed by atoms with van der Waals surface area (Å²) in [5.41, 5.74) is 0. The van der Waals surface area contributed by atoms with Gasteiger partial charge in [0.05, 0.1) is 0 Å². The van der Waals surface area contributed by atoms with E-state index in [4.69, 9.17) is 9.52 Å². The largest absolute Gasteiger partial charge is 0.445 e. The van der Waals surface area contributed by atoms with E-state index in [1.54, 1.807) is 13.8 Å². The predicted octanol–water partition coefficient (Wildman–Crippen LogP) is 0.233. The van der Waals surface area contributed by atoms with Crippen molar-refractivity contribution in [3.63, 3.8) is 0 Å².